The summed E-state index contributed by atoms with van der Waals surface area (Å²) < 4.78 is 35.4. The molecule has 1 aromatic carbocycles. The van der Waals surface area contributed by atoms with E-state index in [9.17, 15) is 9.36 Å². The highest BCUT2D eigenvalue weighted by atomic mass is 31.2. The highest BCUT2D eigenvalue weighted by Gasteiger charge is 2.38. The van der Waals surface area contributed by atoms with E-state index in [-0.39, 0.29) is 24.7 Å². The third kappa shape index (κ3) is 6.32. The van der Waals surface area contributed by atoms with Crippen LogP contribution in [0.1, 0.15) is 34.1 Å². The Morgan fingerprint density at radius 2 is 1.96 bits per heavy atom. The van der Waals surface area contributed by atoms with Gasteiger partial charge in [0.1, 0.15) is 11.8 Å². The fourth-order valence-electron chi connectivity index (χ4n) is 2.87. The summed E-state index contributed by atoms with van der Waals surface area (Å²) in [4.78, 5) is 12.1. The molecule has 5 atom stereocenters. The minimum Gasteiger partial charge on any atom is -0.468 e. The monoisotopic (exact) mass is 399 g/mol. The van der Waals surface area contributed by atoms with Crippen molar-refractivity contribution in [3.8, 4) is 5.75 Å². The zero-order valence-corrected chi connectivity index (χ0v) is 17.5. The van der Waals surface area contributed by atoms with E-state index in [0.29, 0.717) is 11.7 Å². The summed E-state index contributed by atoms with van der Waals surface area (Å²) in [6.07, 6.45) is 0.775. The Hall–Kier alpha value is -1.40. The number of hydrogen-bond donors (Lipinski definition) is 1. The minimum atomic E-state index is -3.84. The van der Waals surface area contributed by atoms with E-state index in [4.69, 9.17) is 18.5 Å². The predicted octanol–water partition coefficient (Wildman–Crippen LogP) is 3.79. The van der Waals surface area contributed by atoms with Crippen LogP contribution >= 0.6 is 7.75 Å². The lowest BCUT2D eigenvalue weighted by Crippen LogP contribution is -2.41. The largest absolute Gasteiger partial charge is 0.468 e. The molecule has 27 heavy (non-hydrogen) atoms. The lowest BCUT2D eigenvalue weighted by molar-refractivity contribution is -0.143. The van der Waals surface area contributed by atoms with Crippen LogP contribution < -0.4 is 9.61 Å². The number of rotatable bonds is 9. The van der Waals surface area contributed by atoms with Crippen LogP contribution in [0.5, 0.6) is 5.75 Å². The number of methoxy groups -OCH3 is 1. The number of nitrogens with one attached hydrogen (secondary N) is 1. The van der Waals surface area contributed by atoms with Crippen molar-refractivity contribution >= 4 is 13.7 Å². The Morgan fingerprint density at radius 3 is 2.48 bits per heavy atom. The van der Waals surface area contributed by atoms with Crippen LogP contribution in [0.25, 0.3) is 0 Å². The van der Waals surface area contributed by atoms with E-state index >= 15 is 0 Å². The number of hydrogen-bond acceptors (Lipinski definition) is 6. The van der Waals surface area contributed by atoms with Crippen molar-refractivity contribution < 1.29 is 27.9 Å². The van der Waals surface area contributed by atoms with Crippen molar-refractivity contribution in [1.29, 1.82) is 0 Å². The Morgan fingerprint density at radius 1 is 1.30 bits per heavy atom. The van der Waals surface area contributed by atoms with Gasteiger partial charge in [-0.3, -0.25) is 9.32 Å². The lowest BCUT2D eigenvalue weighted by Gasteiger charge is -2.27. The first-order valence-corrected chi connectivity index (χ1v) is 10.8. The number of benzene rings is 1. The molecule has 1 saturated heterocycles. The predicted molar refractivity (Wildman–Crippen MR) is 103 cm³/mol. The zero-order chi connectivity index (χ0) is 20.0. The third-order valence-electron chi connectivity index (χ3n) is 4.66. The van der Waals surface area contributed by atoms with Crippen molar-refractivity contribution in [1.82, 2.24) is 5.09 Å². The fraction of sp³-hybridized carbons (Fsp3) is 0.632. The summed E-state index contributed by atoms with van der Waals surface area (Å²) in [7, 11) is -2.55. The van der Waals surface area contributed by atoms with E-state index in [1.807, 2.05) is 26.8 Å². The summed E-state index contributed by atoms with van der Waals surface area (Å²) in [5, 5.41) is 2.76. The van der Waals surface area contributed by atoms with Crippen LogP contribution in [0.15, 0.2) is 30.3 Å². The smallest absolute Gasteiger partial charge is 0.459 e. The number of ether oxygens (including phenoxy) is 2. The molecule has 7 nitrogen and oxygen atoms in total. The van der Waals surface area contributed by atoms with Crippen molar-refractivity contribution in [2.45, 2.75) is 52.4 Å². The van der Waals surface area contributed by atoms with Gasteiger partial charge in [-0.25, -0.2) is 4.57 Å². The molecule has 152 valence electrons. The highest BCUT2D eigenvalue weighted by molar-refractivity contribution is 7.52. The first-order chi connectivity index (χ1) is 12.7. The molecule has 1 aliphatic rings. The number of carbonyl (C=O) groups excluding carboxylic acids is 1. The van der Waals surface area contributed by atoms with Gasteiger partial charge in [-0.1, -0.05) is 39.0 Å². The topological polar surface area (TPSA) is 83.1 Å². The normalized spacial score (nSPS) is 25.8. The van der Waals surface area contributed by atoms with Gasteiger partial charge in [0, 0.05) is 0 Å². The highest BCUT2D eigenvalue weighted by Crippen LogP contribution is 2.46. The summed E-state index contributed by atoms with van der Waals surface area (Å²) in [5.41, 5.74) is 0. The van der Waals surface area contributed by atoms with Crippen LogP contribution in [-0.4, -0.2) is 37.9 Å². The van der Waals surface area contributed by atoms with E-state index < -0.39 is 19.8 Å². The summed E-state index contributed by atoms with van der Waals surface area (Å²) in [5.74, 6) is 0.0932. The van der Waals surface area contributed by atoms with Gasteiger partial charge in [0.15, 0.2) is 0 Å². The van der Waals surface area contributed by atoms with E-state index in [0.717, 1.165) is 6.42 Å². The molecule has 2 rings (SSSR count). The fourth-order valence-corrected chi connectivity index (χ4v) is 4.56. The first-order valence-electron chi connectivity index (χ1n) is 9.24. The molecule has 1 aliphatic heterocycles. The van der Waals surface area contributed by atoms with E-state index in [2.05, 4.69) is 12.0 Å². The molecule has 1 fully saturated rings. The van der Waals surface area contributed by atoms with Gasteiger partial charge >= 0.3 is 13.7 Å². The standard InChI is InChI=1S/C19H30NO6P/c1-13(2)18(19(21)23-5)20-27(22,26-16-9-7-6-8-10-16)24-12-17-11-14(3)15(4)25-17/h6-10,13-15,17-18H,11-12H2,1-5H3,(H,20,22). The number of para-hydroxylation sites is 1. The lowest BCUT2D eigenvalue weighted by atomic mass is 10.0. The van der Waals surface area contributed by atoms with Crippen molar-refractivity contribution in [3.63, 3.8) is 0 Å². The maximum absolute atomic E-state index is 13.4. The van der Waals surface area contributed by atoms with Gasteiger partial charge in [-0.05, 0) is 37.3 Å². The van der Waals surface area contributed by atoms with Gasteiger partial charge in [-0.15, -0.1) is 0 Å². The van der Waals surface area contributed by atoms with Crippen LogP contribution in [0.3, 0.4) is 0 Å². The summed E-state index contributed by atoms with van der Waals surface area (Å²) in [6.45, 7) is 7.87. The molecule has 1 N–H and O–H groups in total. The van der Waals surface area contributed by atoms with Crippen LogP contribution in [0.4, 0.5) is 0 Å². The van der Waals surface area contributed by atoms with Crippen molar-refractivity contribution in [2.75, 3.05) is 13.7 Å². The van der Waals surface area contributed by atoms with Gasteiger partial charge in [0.05, 0.1) is 25.9 Å². The van der Waals surface area contributed by atoms with Crippen molar-refractivity contribution in [3.05, 3.63) is 30.3 Å². The molecular weight excluding hydrogens is 369 g/mol. The second-order valence-corrected chi connectivity index (χ2v) is 8.94. The Kier molecular flexibility index (Phi) is 7.86. The van der Waals surface area contributed by atoms with Gasteiger partial charge in [-0.2, -0.15) is 5.09 Å². The zero-order valence-electron chi connectivity index (χ0n) is 16.6. The maximum Gasteiger partial charge on any atom is 0.459 e. The average Bonchev–Trinajstić information content (AvgIpc) is 2.96. The molecule has 0 aliphatic carbocycles. The Balaban J connectivity index is 2.14. The Bertz CT molecular complexity index is 643. The van der Waals surface area contributed by atoms with Gasteiger partial charge in [0.2, 0.25) is 0 Å². The Labute approximate surface area is 161 Å². The number of carbonyl (C=O) groups is 1. The molecule has 0 radical (unpaired) electrons. The third-order valence-corrected chi connectivity index (χ3v) is 6.20. The average molecular weight is 399 g/mol. The molecule has 1 heterocycles. The molecule has 0 bridgehead atoms. The maximum atomic E-state index is 13.4. The number of esters is 1. The molecule has 8 heteroatoms. The van der Waals surface area contributed by atoms with Crippen LogP contribution in [-0.2, 0) is 23.4 Å². The van der Waals surface area contributed by atoms with Gasteiger partial charge in [0.25, 0.3) is 0 Å². The van der Waals surface area contributed by atoms with Crippen LogP contribution in [0, 0.1) is 11.8 Å². The van der Waals surface area contributed by atoms with E-state index in [1.165, 1.54) is 7.11 Å². The second-order valence-electron chi connectivity index (χ2n) is 7.25. The van der Waals surface area contributed by atoms with Crippen LogP contribution in [0.2, 0.25) is 0 Å². The molecule has 0 amide bonds. The molecule has 0 aromatic heterocycles. The second kappa shape index (κ2) is 9.69. The molecule has 5 unspecified atom stereocenters. The molecule has 0 saturated carbocycles. The molecule has 0 spiro atoms. The van der Waals surface area contributed by atoms with Crippen molar-refractivity contribution in [2.24, 2.45) is 11.8 Å². The summed E-state index contributed by atoms with van der Waals surface area (Å²) in [6, 6.07) is 7.89. The van der Waals surface area contributed by atoms with E-state index in [1.54, 1.807) is 24.3 Å². The SMILES string of the molecule is COC(=O)C(NP(=O)(OCC1CC(C)C(C)O1)Oc1ccccc1)C(C)C. The molecule has 1 aromatic rings. The first kappa shape index (κ1) is 21.9. The van der Waals surface area contributed by atoms with Gasteiger partial charge < -0.3 is 14.0 Å². The quantitative estimate of drug-likeness (QED) is 0.500. The minimum absolute atomic E-state index is 0.109. The molecular formula is C19H30NO6P. The summed E-state index contributed by atoms with van der Waals surface area (Å²) >= 11 is 0.